The highest BCUT2D eigenvalue weighted by molar-refractivity contribution is 5.75. The molecular formula is C11H12O4. The van der Waals surface area contributed by atoms with Crippen molar-refractivity contribution < 1.29 is 19.4 Å². The standard InChI is InChI=1S/C11H12O4/c1-2-10(11(13)14)15-9-5-3-8(7-12)4-6-9/h3-7,10H,2H2,1H3,(H,13,14). The highest BCUT2D eigenvalue weighted by Crippen LogP contribution is 2.14. The average molecular weight is 208 g/mol. The third-order valence-corrected chi connectivity index (χ3v) is 1.94. The van der Waals surface area contributed by atoms with Crippen molar-refractivity contribution >= 4 is 12.3 Å². The maximum Gasteiger partial charge on any atom is 0.344 e. The molecule has 0 saturated carbocycles. The van der Waals surface area contributed by atoms with Gasteiger partial charge >= 0.3 is 5.97 Å². The normalized spacial score (nSPS) is 11.8. The lowest BCUT2D eigenvalue weighted by Crippen LogP contribution is -2.25. The van der Waals surface area contributed by atoms with E-state index in [2.05, 4.69) is 0 Å². The van der Waals surface area contributed by atoms with Gasteiger partial charge in [-0.05, 0) is 30.7 Å². The van der Waals surface area contributed by atoms with Crippen LogP contribution < -0.4 is 4.74 Å². The van der Waals surface area contributed by atoms with Gasteiger partial charge < -0.3 is 9.84 Å². The van der Waals surface area contributed by atoms with E-state index in [1.165, 1.54) is 0 Å². The quantitative estimate of drug-likeness (QED) is 0.748. The van der Waals surface area contributed by atoms with Crippen LogP contribution in [0, 0.1) is 0 Å². The van der Waals surface area contributed by atoms with Gasteiger partial charge in [-0.15, -0.1) is 0 Å². The lowest BCUT2D eigenvalue weighted by molar-refractivity contribution is -0.145. The van der Waals surface area contributed by atoms with E-state index in [4.69, 9.17) is 9.84 Å². The van der Waals surface area contributed by atoms with Gasteiger partial charge in [0.2, 0.25) is 0 Å². The first-order chi connectivity index (χ1) is 7.17. The maximum absolute atomic E-state index is 10.7. The molecule has 0 fully saturated rings. The number of ether oxygens (including phenoxy) is 1. The predicted octanol–water partition coefficient (Wildman–Crippen LogP) is 1.74. The Morgan fingerprint density at radius 1 is 1.47 bits per heavy atom. The molecule has 1 unspecified atom stereocenters. The van der Waals surface area contributed by atoms with Crippen LogP contribution in [0.4, 0.5) is 0 Å². The number of rotatable bonds is 5. The van der Waals surface area contributed by atoms with Crippen LogP contribution in [-0.4, -0.2) is 23.5 Å². The number of hydrogen-bond donors (Lipinski definition) is 1. The zero-order valence-electron chi connectivity index (χ0n) is 8.34. The van der Waals surface area contributed by atoms with E-state index in [0.717, 1.165) is 6.29 Å². The number of carboxylic acids is 1. The molecule has 4 nitrogen and oxygen atoms in total. The Bertz CT molecular complexity index is 342. The summed E-state index contributed by atoms with van der Waals surface area (Å²) in [7, 11) is 0. The van der Waals surface area contributed by atoms with E-state index in [9.17, 15) is 9.59 Å². The molecule has 4 heteroatoms. The highest BCUT2D eigenvalue weighted by atomic mass is 16.5. The smallest absolute Gasteiger partial charge is 0.344 e. The summed E-state index contributed by atoms with van der Waals surface area (Å²) < 4.78 is 5.21. The molecule has 80 valence electrons. The van der Waals surface area contributed by atoms with E-state index < -0.39 is 12.1 Å². The van der Waals surface area contributed by atoms with Crippen LogP contribution >= 0.6 is 0 Å². The van der Waals surface area contributed by atoms with Crippen LogP contribution in [0.2, 0.25) is 0 Å². The molecule has 0 aliphatic rings. The lowest BCUT2D eigenvalue weighted by atomic mass is 10.2. The second kappa shape index (κ2) is 5.14. The Balaban J connectivity index is 2.71. The highest BCUT2D eigenvalue weighted by Gasteiger charge is 2.16. The number of aldehydes is 1. The van der Waals surface area contributed by atoms with Gasteiger partial charge in [-0.2, -0.15) is 0 Å². The Hall–Kier alpha value is -1.84. The molecule has 0 aliphatic carbocycles. The predicted molar refractivity (Wildman–Crippen MR) is 54.2 cm³/mol. The third kappa shape index (κ3) is 3.09. The zero-order valence-corrected chi connectivity index (χ0v) is 8.34. The summed E-state index contributed by atoms with van der Waals surface area (Å²) in [6, 6.07) is 6.32. The number of carboxylic acid groups (broad SMARTS) is 1. The van der Waals surface area contributed by atoms with Gasteiger partial charge in [-0.25, -0.2) is 4.79 Å². The van der Waals surface area contributed by atoms with Crippen molar-refractivity contribution in [3.63, 3.8) is 0 Å². The van der Waals surface area contributed by atoms with E-state index in [1.807, 2.05) is 0 Å². The van der Waals surface area contributed by atoms with Crippen LogP contribution in [0.15, 0.2) is 24.3 Å². The third-order valence-electron chi connectivity index (χ3n) is 1.94. The Morgan fingerprint density at radius 3 is 2.47 bits per heavy atom. The van der Waals surface area contributed by atoms with Crippen molar-refractivity contribution in [3.05, 3.63) is 29.8 Å². The topological polar surface area (TPSA) is 63.6 Å². The summed E-state index contributed by atoms with van der Waals surface area (Å²) in [6.07, 6.45) is 0.273. The van der Waals surface area contributed by atoms with E-state index in [1.54, 1.807) is 31.2 Å². The summed E-state index contributed by atoms with van der Waals surface area (Å²) in [5.41, 5.74) is 0.533. The second-order valence-corrected chi connectivity index (χ2v) is 3.04. The molecule has 0 saturated heterocycles. The van der Waals surface area contributed by atoms with Gasteiger partial charge in [-0.1, -0.05) is 6.92 Å². The molecule has 1 aromatic rings. The molecule has 0 amide bonds. The molecular weight excluding hydrogens is 196 g/mol. The minimum atomic E-state index is -0.989. The van der Waals surface area contributed by atoms with Gasteiger partial charge in [-0.3, -0.25) is 4.79 Å². The van der Waals surface area contributed by atoms with E-state index in [-0.39, 0.29) is 0 Å². The van der Waals surface area contributed by atoms with Crippen molar-refractivity contribution in [1.82, 2.24) is 0 Å². The van der Waals surface area contributed by atoms with Gasteiger partial charge in [0.05, 0.1) is 0 Å². The van der Waals surface area contributed by atoms with Crippen LogP contribution in [-0.2, 0) is 4.79 Å². The summed E-state index contributed by atoms with van der Waals surface area (Å²) >= 11 is 0. The minimum absolute atomic E-state index is 0.394. The number of aliphatic carboxylic acids is 1. The van der Waals surface area contributed by atoms with Crippen LogP contribution in [0.5, 0.6) is 5.75 Å². The SMILES string of the molecule is CCC(Oc1ccc(C=O)cc1)C(=O)O. The van der Waals surface area contributed by atoms with Crippen molar-refractivity contribution in [3.8, 4) is 5.75 Å². The Labute approximate surface area is 87.5 Å². The molecule has 0 aliphatic heterocycles. The summed E-state index contributed by atoms with van der Waals surface area (Å²) in [4.78, 5) is 21.0. The first-order valence-electron chi connectivity index (χ1n) is 4.62. The second-order valence-electron chi connectivity index (χ2n) is 3.04. The van der Waals surface area contributed by atoms with E-state index >= 15 is 0 Å². The first kappa shape index (κ1) is 11.2. The van der Waals surface area contributed by atoms with Gasteiger partial charge in [0.25, 0.3) is 0 Å². The summed E-state index contributed by atoms with van der Waals surface area (Å²) in [5, 5.41) is 8.75. The molecule has 0 bridgehead atoms. The van der Waals surface area contributed by atoms with Gasteiger partial charge in [0.1, 0.15) is 12.0 Å². The van der Waals surface area contributed by atoms with Crippen molar-refractivity contribution in [2.45, 2.75) is 19.4 Å². The summed E-state index contributed by atoms with van der Waals surface area (Å²) in [5.74, 6) is -0.535. The maximum atomic E-state index is 10.7. The Morgan fingerprint density at radius 2 is 2.07 bits per heavy atom. The molecule has 0 spiro atoms. The summed E-state index contributed by atoms with van der Waals surface area (Å²) in [6.45, 7) is 1.73. The molecule has 15 heavy (non-hydrogen) atoms. The molecule has 1 N–H and O–H groups in total. The molecule has 1 atom stereocenters. The minimum Gasteiger partial charge on any atom is -0.479 e. The van der Waals surface area contributed by atoms with Gasteiger partial charge in [0, 0.05) is 5.56 Å². The van der Waals surface area contributed by atoms with E-state index in [0.29, 0.717) is 17.7 Å². The van der Waals surface area contributed by atoms with Crippen molar-refractivity contribution in [2.75, 3.05) is 0 Å². The fraction of sp³-hybridized carbons (Fsp3) is 0.273. The monoisotopic (exact) mass is 208 g/mol. The number of hydrogen-bond acceptors (Lipinski definition) is 3. The number of carbonyl (C=O) groups is 2. The molecule has 0 aromatic heterocycles. The molecule has 0 heterocycles. The van der Waals surface area contributed by atoms with Crippen LogP contribution in [0.1, 0.15) is 23.7 Å². The fourth-order valence-corrected chi connectivity index (χ4v) is 1.10. The zero-order chi connectivity index (χ0) is 11.3. The van der Waals surface area contributed by atoms with Crippen molar-refractivity contribution in [1.29, 1.82) is 0 Å². The largest absolute Gasteiger partial charge is 0.479 e. The molecule has 0 radical (unpaired) electrons. The average Bonchev–Trinajstić information content (AvgIpc) is 2.26. The van der Waals surface area contributed by atoms with Crippen LogP contribution in [0.25, 0.3) is 0 Å². The van der Waals surface area contributed by atoms with Gasteiger partial charge in [0.15, 0.2) is 6.10 Å². The molecule has 1 rings (SSSR count). The molecule has 1 aromatic carbocycles. The van der Waals surface area contributed by atoms with Crippen molar-refractivity contribution in [2.24, 2.45) is 0 Å². The Kier molecular flexibility index (Phi) is 3.85. The number of benzene rings is 1. The fourth-order valence-electron chi connectivity index (χ4n) is 1.10. The van der Waals surface area contributed by atoms with Crippen LogP contribution in [0.3, 0.4) is 0 Å². The first-order valence-corrected chi connectivity index (χ1v) is 4.62. The number of carbonyl (C=O) groups excluding carboxylic acids is 1. The lowest BCUT2D eigenvalue weighted by Gasteiger charge is -2.12.